The first-order chi connectivity index (χ1) is 25.2. The van der Waals surface area contributed by atoms with Crippen LogP contribution in [-0.2, 0) is 20.4 Å². The van der Waals surface area contributed by atoms with Crippen molar-refractivity contribution >= 4 is 31.6 Å². The molecule has 4 atom stereocenters. The van der Waals surface area contributed by atoms with Gasteiger partial charge in [0.15, 0.2) is 4.90 Å². The summed E-state index contributed by atoms with van der Waals surface area (Å²) < 4.78 is 38.2. The Morgan fingerprint density at radius 1 is 0.788 bits per heavy atom. The van der Waals surface area contributed by atoms with Gasteiger partial charge in [0.25, 0.3) is 5.69 Å². The van der Waals surface area contributed by atoms with E-state index in [2.05, 4.69) is 69.4 Å². The molecule has 268 valence electrons. The summed E-state index contributed by atoms with van der Waals surface area (Å²) in [5.41, 5.74) is 2.59. The summed E-state index contributed by atoms with van der Waals surface area (Å²) >= 11 is 3.57. The van der Waals surface area contributed by atoms with Crippen molar-refractivity contribution < 1.29 is 23.2 Å². The lowest BCUT2D eigenvalue weighted by atomic mass is 9.73. The number of sulfonamides is 1. The number of nitro benzene ring substituents is 1. The number of rotatable bonds is 11. The topological polar surface area (TPSA) is 113 Å². The summed E-state index contributed by atoms with van der Waals surface area (Å²) in [5, 5.41) is 22.4. The molecular formula is C41H40BrN3O6S. The predicted octanol–water partition coefficient (Wildman–Crippen LogP) is 7.21. The van der Waals surface area contributed by atoms with E-state index < -0.39 is 26.2 Å². The van der Waals surface area contributed by atoms with Crippen molar-refractivity contribution in [3.8, 4) is 0 Å². The standard InChI is InChI=1S/C41H40BrN3O6S/c42-35-22-20-31(21-23-35)40-37-27-43(52(49,50)39-19-11-10-18-36(39)45(47)48)26-30(28-46)24-25-44(37)38(40)29-51-41(32-12-4-1-5-13-32,33-14-6-2-7-15-33)34-16-8-3-9-17-34/h1-23,30,37-38,40,46H,24-29H2/t30?,37-,38+,40+/m0/s1. The molecule has 5 aromatic rings. The van der Waals surface area contributed by atoms with Gasteiger partial charge < -0.3 is 9.84 Å². The van der Waals surface area contributed by atoms with Gasteiger partial charge in [0.2, 0.25) is 10.0 Å². The molecule has 0 aromatic heterocycles. The average molecular weight is 783 g/mol. The molecule has 0 bridgehead atoms. The highest BCUT2D eigenvalue weighted by atomic mass is 79.9. The van der Waals surface area contributed by atoms with E-state index in [0.717, 1.165) is 26.7 Å². The largest absolute Gasteiger partial charge is 0.396 e. The third-order valence-electron chi connectivity index (χ3n) is 10.5. The maximum Gasteiger partial charge on any atom is 0.289 e. The number of aliphatic hydroxyl groups is 1. The number of hydrogen-bond donors (Lipinski definition) is 1. The normalized spacial score (nSPS) is 21.3. The molecule has 1 N–H and O–H groups in total. The molecule has 0 aliphatic carbocycles. The minimum absolute atomic E-state index is 0.0581. The molecule has 1 unspecified atom stereocenters. The lowest BCUT2D eigenvalue weighted by Crippen LogP contribution is -2.69. The number of aliphatic hydroxyl groups excluding tert-OH is 1. The second-order valence-electron chi connectivity index (χ2n) is 13.4. The van der Waals surface area contributed by atoms with Crippen LogP contribution in [-0.4, -0.2) is 72.6 Å². The smallest absolute Gasteiger partial charge is 0.289 e. The molecule has 7 rings (SSSR count). The summed E-state index contributed by atoms with van der Waals surface area (Å²) in [6.45, 7) is 0.895. The van der Waals surface area contributed by atoms with Crippen molar-refractivity contribution in [3.63, 3.8) is 0 Å². The number of hydrogen-bond acceptors (Lipinski definition) is 7. The molecule has 2 aliphatic rings. The fourth-order valence-corrected chi connectivity index (χ4v) is 9.93. The SMILES string of the molecule is O=[N+]([O-])c1ccccc1S(=O)(=O)N1CC(CO)CCN2[C@H](COC(c3ccccc3)(c3ccccc3)c3ccccc3)[C@H](c3ccc(Br)cc3)[C@@H]2C1. The molecule has 2 fully saturated rings. The molecule has 0 radical (unpaired) electrons. The Morgan fingerprint density at radius 3 is 1.87 bits per heavy atom. The van der Waals surface area contributed by atoms with Gasteiger partial charge in [-0.2, -0.15) is 4.31 Å². The summed E-state index contributed by atoms with van der Waals surface area (Å²) in [6, 6.07) is 43.8. The van der Waals surface area contributed by atoms with Crippen LogP contribution in [0.5, 0.6) is 0 Å². The van der Waals surface area contributed by atoms with Crippen LogP contribution < -0.4 is 0 Å². The van der Waals surface area contributed by atoms with Gasteiger partial charge in [-0.1, -0.05) is 131 Å². The van der Waals surface area contributed by atoms with E-state index in [9.17, 15) is 23.6 Å². The van der Waals surface area contributed by atoms with Crippen LogP contribution in [0.25, 0.3) is 0 Å². The lowest BCUT2D eigenvalue weighted by molar-refractivity contribution is -0.387. The van der Waals surface area contributed by atoms with Gasteiger partial charge in [-0.3, -0.25) is 15.0 Å². The first kappa shape index (κ1) is 36.1. The van der Waals surface area contributed by atoms with Crippen LogP contribution >= 0.6 is 15.9 Å². The second kappa shape index (κ2) is 15.4. The van der Waals surface area contributed by atoms with E-state index in [4.69, 9.17) is 4.74 Å². The Labute approximate surface area is 312 Å². The van der Waals surface area contributed by atoms with E-state index in [1.54, 1.807) is 0 Å². The van der Waals surface area contributed by atoms with Gasteiger partial charge >= 0.3 is 0 Å². The summed E-state index contributed by atoms with van der Waals surface area (Å²) in [6.07, 6.45) is 0.542. The van der Waals surface area contributed by atoms with Gasteiger partial charge in [0.05, 0.1) is 11.5 Å². The maximum atomic E-state index is 14.3. The zero-order valence-electron chi connectivity index (χ0n) is 28.4. The Balaban J connectivity index is 1.30. The third-order valence-corrected chi connectivity index (χ3v) is 12.9. The fraction of sp³-hybridized carbons (Fsp3) is 0.268. The van der Waals surface area contributed by atoms with Crippen LogP contribution in [0.3, 0.4) is 0 Å². The van der Waals surface area contributed by atoms with Crippen molar-refractivity contribution in [2.24, 2.45) is 5.92 Å². The van der Waals surface area contributed by atoms with E-state index in [1.807, 2.05) is 66.7 Å². The van der Waals surface area contributed by atoms with Crippen LogP contribution in [0, 0.1) is 16.0 Å². The van der Waals surface area contributed by atoms with Crippen molar-refractivity contribution in [1.82, 2.24) is 9.21 Å². The number of para-hydroxylation sites is 1. The van der Waals surface area contributed by atoms with Gasteiger partial charge in [-0.15, -0.1) is 0 Å². The van der Waals surface area contributed by atoms with Crippen molar-refractivity contribution in [2.75, 3.05) is 32.8 Å². The number of fused-ring (bicyclic) bond motifs is 1. The van der Waals surface area contributed by atoms with Gasteiger partial charge in [0, 0.05) is 48.2 Å². The minimum Gasteiger partial charge on any atom is -0.396 e. The minimum atomic E-state index is -4.30. The van der Waals surface area contributed by atoms with Crippen LogP contribution in [0.2, 0.25) is 0 Å². The quantitative estimate of drug-likeness (QED) is 0.0857. The van der Waals surface area contributed by atoms with Crippen LogP contribution in [0.1, 0.15) is 34.6 Å². The fourth-order valence-electron chi connectivity index (χ4n) is 7.98. The molecule has 2 heterocycles. The average Bonchev–Trinajstić information content (AvgIpc) is 3.17. The highest BCUT2D eigenvalue weighted by Crippen LogP contribution is 2.47. The molecule has 5 aromatic carbocycles. The summed E-state index contributed by atoms with van der Waals surface area (Å²) in [7, 11) is -4.30. The van der Waals surface area contributed by atoms with Gasteiger partial charge in [0.1, 0.15) is 5.60 Å². The third kappa shape index (κ3) is 6.84. The molecule has 2 aliphatic heterocycles. The Kier molecular flexibility index (Phi) is 10.7. The molecule has 0 amide bonds. The monoisotopic (exact) mass is 781 g/mol. The number of ether oxygens (including phenoxy) is 1. The predicted molar refractivity (Wildman–Crippen MR) is 203 cm³/mol. The number of nitrogens with zero attached hydrogens (tertiary/aromatic N) is 3. The second-order valence-corrected chi connectivity index (χ2v) is 16.2. The molecule has 9 nitrogen and oxygen atoms in total. The highest BCUT2D eigenvalue weighted by molar-refractivity contribution is 9.10. The van der Waals surface area contributed by atoms with Crippen molar-refractivity contribution in [3.05, 3.63) is 176 Å². The van der Waals surface area contributed by atoms with Gasteiger partial charge in [-0.05, 0) is 59.3 Å². The number of benzene rings is 5. The Morgan fingerprint density at radius 2 is 1.33 bits per heavy atom. The first-order valence-electron chi connectivity index (χ1n) is 17.4. The van der Waals surface area contributed by atoms with E-state index in [1.165, 1.54) is 28.6 Å². The van der Waals surface area contributed by atoms with Gasteiger partial charge in [-0.25, -0.2) is 8.42 Å². The summed E-state index contributed by atoms with van der Waals surface area (Å²) in [5.74, 6) is -0.480. The van der Waals surface area contributed by atoms with Crippen LogP contribution in [0.4, 0.5) is 5.69 Å². The molecule has 52 heavy (non-hydrogen) atoms. The molecule has 11 heteroatoms. The zero-order valence-corrected chi connectivity index (χ0v) is 30.8. The van der Waals surface area contributed by atoms with E-state index >= 15 is 0 Å². The first-order valence-corrected chi connectivity index (χ1v) is 19.6. The van der Waals surface area contributed by atoms with Crippen LogP contribution in [0.15, 0.2) is 149 Å². The molecular weight excluding hydrogens is 742 g/mol. The molecule has 0 spiro atoms. The number of nitro groups is 1. The van der Waals surface area contributed by atoms with Crippen molar-refractivity contribution in [2.45, 2.75) is 34.9 Å². The maximum absolute atomic E-state index is 14.3. The summed E-state index contributed by atoms with van der Waals surface area (Å²) in [4.78, 5) is 13.2. The zero-order chi connectivity index (χ0) is 36.3. The highest BCUT2D eigenvalue weighted by Gasteiger charge is 2.53. The van der Waals surface area contributed by atoms with E-state index in [-0.39, 0.29) is 48.5 Å². The lowest BCUT2D eigenvalue weighted by Gasteiger charge is -2.58. The molecule has 0 saturated carbocycles. The molecule has 2 saturated heterocycles. The van der Waals surface area contributed by atoms with E-state index in [0.29, 0.717) is 19.6 Å². The Hall–Kier alpha value is -4.23. The number of halogens is 1. The van der Waals surface area contributed by atoms with Crippen molar-refractivity contribution in [1.29, 1.82) is 0 Å². The Bertz CT molecular complexity index is 1990.